The van der Waals surface area contributed by atoms with Crippen LogP contribution in [0.3, 0.4) is 0 Å². The molecule has 0 radical (unpaired) electrons. The first-order valence-corrected chi connectivity index (χ1v) is 9.03. The monoisotopic (exact) mass is 486 g/mol. The summed E-state index contributed by atoms with van der Waals surface area (Å²) in [6.07, 6.45) is 6.65. The molecular weight excluding hydrogens is 471 g/mol. The molecule has 0 saturated carbocycles. The number of ether oxygens (including phenoxy) is 2. The number of amides is 1. The Bertz CT molecular complexity index is 999. The molecule has 1 amide bonds. The van der Waals surface area contributed by atoms with Crippen LogP contribution in [0.15, 0.2) is 48.0 Å². The average Bonchev–Trinajstić information content (AvgIpc) is 2.71. The Morgan fingerprint density at radius 2 is 1.96 bits per heavy atom. The van der Waals surface area contributed by atoms with E-state index < -0.39 is 11.9 Å². The van der Waals surface area contributed by atoms with Crippen molar-refractivity contribution in [2.75, 3.05) is 19.0 Å². The van der Waals surface area contributed by atoms with E-state index >= 15 is 0 Å². The Hall–Kier alpha value is -3.30. The van der Waals surface area contributed by atoms with Crippen molar-refractivity contribution in [3.63, 3.8) is 0 Å². The van der Waals surface area contributed by atoms with Crippen LogP contribution in [0, 0.1) is 27.2 Å². The number of halogens is 1. The number of esters is 1. The van der Waals surface area contributed by atoms with Gasteiger partial charge in [-0.2, -0.15) is 5.26 Å². The molecule has 0 fully saturated rings. The summed E-state index contributed by atoms with van der Waals surface area (Å²) >= 11 is 2.09. The number of nitrogens with one attached hydrogen (secondary N) is 1. The number of carbonyl (C=O) groups excluding carboxylic acids is 2. The van der Waals surface area contributed by atoms with Crippen molar-refractivity contribution >= 4 is 46.2 Å². The lowest BCUT2D eigenvalue weighted by molar-refractivity contribution is -0.112. The largest absolute Gasteiger partial charge is 0.480 e. The second-order valence-electron chi connectivity index (χ2n) is 5.38. The maximum absolute atomic E-state index is 12.4. The van der Waals surface area contributed by atoms with E-state index in [2.05, 4.69) is 38.6 Å². The number of hydrogen-bond donors (Lipinski definition) is 1. The standard InChI is InChI=1S/C21H15IN2O4/c1-3-10-28-19-9-4-14(12-18(19)22)11-16(13-23)20(25)24-17-7-5-15(6-8-17)21(26)27-2/h1,4-9,11-12H,10H2,2H3,(H,24,25)/b16-11+. The highest BCUT2D eigenvalue weighted by atomic mass is 127. The first-order chi connectivity index (χ1) is 13.5. The summed E-state index contributed by atoms with van der Waals surface area (Å²) in [4.78, 5) is 23.8. The van der Waals surface area contributed by atoms with Crippen LogP contribution in [0.5, 0.6) is 5.75 Å². The van der Waals surface area contributed by atoms with Gasteiger partial charge in [-0.15, -0.1) is 6.42 Å². The molecule has 1 N–H and O–H groups in total. The molecule has 0 heterocycles. The van der Waals surface area contributed by atoms with Crippen LogP contribution < -0.4 is 10.1 Å². The molecule has 2 aromatic rings. The van der Waals surface area contributed by atoms with Gasteiger partial charge in [-0.3, -0.25) is 4.79 Å². The molecule has 7 heteroatoms. The molecule has 2 aromatic carbocycles. The third-order valence-corrected chi connectivity index (χ3v) is 4.35. The van der Waals surface area contributed by atoms with Gasteiger partial charge in [-0.25, -0.2) is 4.79 Å². The number of hydrogen-bond acceptors (Lipinski definition) is 5. The predicted molar refractivity (Wildman–Crippen MR) is 113 cm³/mol. The summed E-state index contributed by atoms with van der Waals surface area (Å²) in [6.45, 7) is 0.159. The van der Waals surface area contributed by atoms with Crippen molar-refractivity contribution in [2.45, 2.75) is 0 Å². The minimum Gasteiger partial charge on any atom is -0.480 e. The fourth-order valence-corrected chi connectivity index (χ4v) is 2.86. The number of anilines is 1. The zero-order chi connectivity index (χ0) is 20.5. The zero-order valence-electron chi connectivity index (χ0n) is 14.9. The molecule has 0 atom stereocenters. The first kappa shape index (κ1) is 21.0. The van der Waals surface area contributed by atoms with Crippen LogP contribution in [0.1, 0.15) is 15.9 Å². The van der Waals surface area contributed by atoms with Crippen molar-refractivity contribution in [1.29, 1.82) is 5.26 Å². The average molecular weight is 486 g/mol. The van der Waals surface area contributed by atoms with Crippen molar-refractivity contribution in [2.24, 2.45) is 0 Å². The summed E-state index contributed by atoms with van der Waals surface area (Å²) in [7, 11) is 1.29. The molecule has 0 aliphatic heterocycles. The number of rotatable bonds is 6. The van der Waals surface area contributed by atoms with Gasteiger partial charge in [0.15, 0.2) is 0 Å². The van der Waals surface area contributed by atoms with E-state index in [9.17, 15) is 14.9 Å². The Balaban J connectivity index is 2.15. The molecule has 0 aliphatic rings. The molecule has 2 rings (SSSR count). The van der Waals surface area contributed by atoms with Gasteiger partial charge in [-0.1, -0.05) is 12.0 Å². The molecule has 0 spiro atoms. The van der Waals surface area contributed by atoms with Gasteiger partial charge in [0.1, 0.15) is 24.0 Å². The zero-order valence-corrected chi connectivity index (χ0v) is 17.0. The van der Waals surface area contributed by atoms with Gasteiger partial charge in [0.25, 0.3) is 5.91 Å². The van der Waals surface area contributed by atoms with Gasteiger partial charge in [-0.05, 0) is 70.6 Å². The highest BCUT2D eigenvalue weighted by Gasteiger charge is 2.11. The molecule has 6 nitrogen and oxygen atoms in total. The van der Waals surface area contributed by atoms with Crippen LogP contribution in [-0.2, 0) is 9.53 Å². The minimum absolute atomic E-state index is 0.0647. The normalized spacial score (nSPS) is 10.4. The van der Waals surface area contributed by atoms with E-state index in [0.717, 1.165) is 3.57 Å². The van der Waals surface area contributed by atoms with Crippen LogP contribution in [0.25, 0.3) is 6.08 Å². The molecule has 0 saturated heterocycles. The second kappa shape index (κ2) is 10.1. The van der Waals surface area contributed by atoms with E-state index in [1.165, 1.54) is 25.3 Å². The summed E-state index contributed by atoms with van der Waals surface area (Å²) in [5, 5.41) is 12.0. The molecule has 0 aromatic heterocycles. The topological polar surface area (TPSA) is 88.4 Å². The Kier molecular flexibility index (Phi) is 7.61. The van der Waals surface area contributed by atoms with Crippen LogP contribution >= 0.6 is 22.6 Å². The number of nitrogens with zero attached hydrogens (tertiary/aromatic N) is 1. The molecule has 0 unspecified atom stereocenters. The highest BCUT2D eigenvalue weighted by Crippen LogP contribution is 2.23. The molecule has 28 heavy (non-hydrogen) atoms. The van der Waals surface area contributed by atoms with Gasteiger partial charge in [0.05, 0.1) is 16.2 Å². The number of carbonyl (C=O) groups is 2. The van der Waals surface area contributed by atoms with Gasteiger partial charge >= 0.3 is 5.97 Å². The van der Waals surface area contributed by atoms with Crippen molar-refractivity contribution in [3.8, 4) is 24.2 Å². The maximum Gasteiger partial charge on any atom is 0.337 e. The quantitative estimate of drug-likeness (QED) is 0.222. The third kappa shape index (κ3) is 5.60. The summed E-state index contributed by atoms with van der Waals surface area (Å²) < 4.78 is 10.8. The molecular formula is C21H15IN2O4. The van der Waals surface area contributed by atoms with E-state index in [0.29, 0.717) is 22.6 Å². The van der Waals surface area contributed by atoms with E-state index in [-0.39, 0.29) is 12.2 Å². The number of terminal acetylenes is 1. The first-order valence-electron chi connectivity index (χ1n) is 7.95. The number of nitriles is 1. The van der Waals surface area contributed by atoms with Crippen molar-refractivity contribution in [1.82, 2.24) is 0 Å². The third-order valence-electron chi connectivity index (χ3n) is 3.51. The number of methoxy groups -OCH3 is 1. The maximum atomic E-state index is 12.4. The van der Waals surface area contributed by atoms with Crippen molar-refractivity contribution < 1.29 is 19.1 Å². The van der Waals surface area contributed by atoms with Gasteiger partial charge < -0.3 is 14.8 Å². The van der Waals surface area contributed by atoms with E-state index in [1.54, 1.807) is 30.3 Å². The molecule has 0 bridgehead atoms. The summed E-state index contributed by atoms with van der Waals surface area (Å²) in [5.41, 5.74) is 1.42. The lowest BCUT2D eigenvalue weighted by Crippen LogP contribution is -2.13. The number of benzene rings is 2. The second-order valence-corrected chi connectivity index (χ2v) is 6.54. The van der Waals surface area contributed by atoms with E-state index in [1.807, 2.05) is 6.07 Å². The predicted octanol–water partition coefficient (Wildman–Crippen LogP) is 3.64. The summed E-state index contributed by atoms with van der Waals surface area (Å²) in [5.74, 6) is 1.99. The highest BCUT2D eigenvalue weighted by molar-refractivity contribution is 14.1. The van der Waals surface area contributed by atoms with Crippen LogP contribution in [0.4, 0.5) is 5.69 Å². The Morgan fingerprint density at radius 3 is 2.54 bits per heavy atom. The lowest BCUT2D eigenvalue weighted by Gasteiger charge is -2.07. The van der Waals surface area contributed by atoms with Gasteiger partial charge in [0.2, 0.25) is 0 Å². The van der Waals surface area contributed by atoms with Crippen molar-refractivity contribution in [3.05, 3.63) is 62.7 Å². The molecule has 0 aliphatic carbocycles. The van der Waals surface area contributed by atoms with Crippen LogP contribution in [0.2, 0.25) is 0 Å². The lowest BCUT2D eigenvalue weighted by atomic mass is 10.1. The summed E-state index contributed by atoms with van der Waals surface area (Å²) in [6, 6.07) is 13.3. The minimum atomic E-state index is -0.559. The SMILES string of the molecule is C#CCOc1ccc(/C=C(\C#N)C(=O)Nc2ccc(C(=O)OC)cc2)cc1I. The van der Waals surface area contributed by atoms with Crippen LogP contribution in [-0.4, -0.2) is 25.6 Å². The Labute approximate surface area is 176 Å². The fourth-order valence-electron chi connectivity index (χ4n) is 2.16. The van der Waals surface area contributed by atoms with E-state index in [4.69, 9.17) is 11.2 Å². The van der Waals surface area contributed by atoms with Gasteiger partial charge in [0, 0.05) is 5.69 Å². The smallest absolute Gasteiger partial charge is 0.337 e. The molecule has 140 valence electrons. The Morgan fingerprint density at radius 1 is 1.25 bits per heavy atom. The fraction of sp³-hybridized carbons (Fsp3) is 0.0952.